The fourth-order valence-corrected chi connectivity index (χ4v) is 2.79. The number of carbonyl (C=O) groups excluding carboxylic acids is 1. The number of rotatable bonds is 5. The molecule has 0 unspecified atom stereocenters. The molecule has 1 aromatic heterocycles. The largest absolute Gasteiger partial charge is 0.345 e. The molecule has 4 nitrogen and oxygen atoms in total. The number of aromatic nitrogens is 1. The van der Waals surface area contributed by atoms with Crippen molar-refractivity contribution in [2.24, 2.45) is 5.73 Å². The van der Waals surface area contributed by atoms with Crippen molar-refractivity contribution in [2.75, 3.05) is 6.54 Å². The number of nitrogens with one attached hydrogen (secondary N) is 1. The van der Waals surface area contributed by atoms with E-state index in [2.05, 4.69) is 10.3 Å². The van der Waals surface area contributed by atoms with Crippen LogP contribution in [0.2, 0.25) is 0 Å². The monoisotopic (exact) mass is 277 g/mol. The molecule has 1 heterocycles. The van der Waals surface area contributed by atoms with E-state index in [0.717, 1.165) is 23.1 Å². The lowest BCUT2D eigenvalue weighted by Crippen LogP contribution is -2.52. The molecular weight excluding hydrogens is 258 g/mol. The molecule has 1 amide bonds. The van der Waals surface area contributed by atoms with E-state index in [0.29, 0.717) is 12.1 Å². The van der Waals surface area contributed by atoms with Crippen molar-refractivity contribution in [2.45, 2.75) is 32.2 Å². The van der Waals surface area contributed by atoms with Crippen molar-refractivity contribution in [3.05, 3.63) is 29.3 Å². The van der Waals surface area contributed by atoms with E-state index in [9.17, 15) is 4.79 Å². The Hall–Kier alpha value is -1.46. The standard InChI is InChI=1S/C14H19N3OS/c1-3-14(4-2,8-15)17-13(18)10-5-6-11-12(7-10)19-9-16-11/h5-7,9H,3-4,8,15H2,1-2H3,(H,17,18). The third-order valence-electron chi connectivity index (χ3n) is 3.72. The van der Waals surface area contributed by atoms with E-state index in [1.807, 2.05) is 32.0 Å². The molecule has 5 heteroatoms. The van der Waals surface area contributed by atoms with Crippen LogP contribution in [0.1, 0.15) is 37.0 Å². The number of fused-ring (bicyclic) bond motifs is 1. The van der Waals surface area contributed by atoms with Crippen LogP contribution in [0.4, 0.5) is 0 Å². The smallest absolute Gasteiger partial charge is 0.251 e. The normalized spacial score (nSPS) is 11.7. The zero-order chi connectivity index (χ0) is 13.9. The summed E-state index contributed by atoms with van der Waals surface area (Å²) in [6.07, 6.45) is 1.66. The Bertz CT molecular complexity index is 567. The molecule has 0 fully saturated rings. The number of thiazole rings is 1. The third kappa shape index (κ3) is 2.77. The van der Waals surface area contributed by atoms with Crippen LogP contribution in [0.3, 0.4) is 0 Å². The Kier molecular flexibility index (Phi) is 4.17. The summed E-state index contributed by atoms with van der Waals surface area (Å²) in [6.45, 7) is 4.54. The van der Waals surface area contributed by atoms with Crippen LogP contribution < -0.4 is 11.1 Å². The number of hydrogen-bond acceptors (Lipinski definition) is 4. The molecule has 3 N–H and O–H groups in total. The van der Waals surface area contributed by atoms with Gasteiger partial charge in [0.15, 0.2) is 0 Å². The second-order valence-corrected chi connectivity index (χ2v) is 5.57. The van der Waals surface area contributed by atoms with E-state index < -0.39 is 0 Å². The summed E-state index contributed by atoms with van der Waals surface area (Å²) in [5, 5.41) is 3.07. The Morgan fingerprint density at radius 2 is 2.16 bits per heavy atom. The molecule has 19 heavy (non-hydrogen) atoms. The lowest BCUT2D eigenvalue weighted by Gasteiger charge is -2.31. The Morgan fingerprint density at radius 1 is 1.42 bits per heavy atom. The summed E-state index contributed by atoms with van der Waals surface area (Å²) in [6, 6.07) is 5.57. The van der Waals surface area contributed by atoms with E-state index >= 15 is 0 Å². The maximum Gasteiger partial charge on any atom is 0.251 e. The fraction of sp³-hybridized carbons (Fsp3) is 0.429. The molecular formula is C14H19N3OS. The van der Waals surface area contributed by atoms with Gasteiger partial charge in [-0.2, -0.15) is 0 Å². The van der Waals surface area contributed by atoms with Gasteiger partial charge in [-0.15, -0.1) is 11.3 Å². The number of nitrogens with two attached hydrogens (primary N) is 1. The van der Waals surface area contributed by atoms with Crippen LogP contribution in [0.15, 0.2) is 23.7 Å². The van der Waals surface area contributed by atoms with Crippen LogP contribution in [0.25, 0.3) is 10.2 Å². The minimum Gasteiger partial charge on any atom is -0.345 e. The molecule has 0 saturated carbocycles. The maximum absolute atomic E-state index is 12.3. The highest BCUT2D eigenvalue weighted by atomic mass is 32.1. The molecule has 0 spiro atoms. The highest BCUT2D eigenvalue weighted by Gasteiger charge is 2.26. The van der Waals surface area contributed by atoms with Crippen molar-refractivity contribution in [1.29, 1.82) is 0 Å². The number of hydrogen-bond donors (Lipinski definition) is 2. The van der Waals surface area contributed by atoms with Gasteiger partial charge in [-0.1, -0.05) is 13.8 Å². The Morgan fingerprint density at radius 3 is 2.79 bits per heavy atom. The van der Waals surface area contributed by atoms with E-state index in [1.165, 1.54) is 11.3 Å². The van der Waals surface area contributed by atoms with E-state index in [4.69, 9.17) is 5.73 Å². The summed E-state index contributed by atoms with van der Waals surface area (Å²) in [4.78, 5) is 16.5. The zero-order valence-electron chi connectivity index (χ0n) is 11.3. The minimum absolute atomic E-state index is 0.0653. The molecule has 102 valence electrons. The summed E-state index contributed by atoms with van der Waals surface area (Å²) in [5.41, 5.74) is 8.88. The van der Waals surface area contributed by atoms with E-state index in [1.54, 1.807) is 5.51 Å². The van der Waals surface area contributed by atoms with Gasteiger partial charge in [-0.05, 0) is 31.0 Å². The average molecular weight is 277 g/mol. The van der Waals surface area contributed by atoms with Crippen LogP contribution in [-0.2, 0) is 0 Å². The van der Waals surface area contributed by atoms with Gasteiger partial charge in [0.05, 0.1) is 21.3 Å². The number of benzene rings is 1. The van der Waals surface area contributed by atoms with Gasteiger partial charge >= 0.3 is 0 Å². The van der Waals surface area contributed by atoms with Gasteiger partial charge in [0.25, 0.3) is 5.91 Å². The summed E-state index contributed by atoms with van der Waals surface area (Å²) in [7, 11) is 0. The molecule has 0 aliphatic rings. The lowest BCUT2D eigenvalue weighted by molar-refractivity contribution is 0.0895. The highest BCUT2D eigenvalue weighted by molar-refractivity contribution is 7.16. The Balaban J connectivity index is 2.23. The average Bonchev–Trinajstić information content (AvgIpc) is 2.92. The van der Waals surface area contributed by atoms with Crippen molar-refractivity contribution in [1.82, 2.24) is 10.3 Å². The van der Waals surface area contributed by atoms with Crippen molar-refractivity contribution in [3.8, 4) is 0 Å². The molecule has 0 saturated heterocycles. The molecule has 0 radical (unpaired) electrons. The van der Waals surface area contributed by atoms with Crippen LogP contribution in [0.5, 0.6) is 0 Å². The topological polar surface area (TPSA) is 68.0 Å². The lowest BCUT2D eigenvalue weighted by atomic mass is 9.92. The van der Waals surface area contributed by atoms with Crippen molar-refractivity contribution < 1.29 is 4.79 Å². The molecule has 1 aromatic carbocycles. The quantitative estimate of drug-likeness (QED) is 0.882. The van der Waals surface area contributed by atoms with Crippen molar-refractivity contribution in [3.63, 3.8) is 0 Å². The molecule has 0 atom stereocenters. The predicted molar refractivity (Wildman–Crippen MR) is 79.5 cm³/mol. The molecule has 0 aliphatic heterocycles. The molecule has 2 rings (SSSR count). The van der Waals surface area contributed by atoms with Gasteiger partial charge in [0.2, 0.25) is 0 Å². The first kappa shape index (κ1) is 14.0. The third-order valence-corrected chi connectivity index (χ3v) is 4.51. The number of nitrogens with zero attached hydrogens (tertiary/aromatic N) is 1. The van der Waals surface area contributed by atoms with E-state index in [-0.39, 0.29) is 11.4 Å². The molecule has 0 bridgehead atoms. The van der Waals surface area contributed by atoms with Gasteiger partial charge in [-0.3, -0.25) is 4.79 Å². The first-order chi connectivity index (χ1) is 9.14. The minimum atomic E-state index is -0.306. The number of amides is 1. The van der Waals surface area contributed by atoms with Gasteiger partial charge < -0.3 is 11.1 Å². The summed E-state index contributed by atoms with van der Waals surface area (Å²) in [5.74, 6) is -0.0653. The summed E-state index contributed by atoms with van der Waals surface area (Å²) >= 11 is 1.54. The number of carbonyl (C=O) groups is 1. The maximum atomic E-state index is 12.3. The molecule has 0 aliphatic carbocycles. The Labute approximate surface area is 117 Å². The second-order valence-electron chi connectivity index (χ2n) is 4.68. The van der Waals surface area contributed by atoms with Crippen LogP contribution in [0, 0.1) is 0 Å². The fourth-order valence-electron chi connectivity index (χ4n) is 2.08. The van der Waals surface area contributed by atoms with Crippen molar-refractivity contribution >= 4 is 27.5 Å². The van der Waals surface area contributed by atoms with Crippen LogP contribution >= 0.6 is 11.3 Å². The predicted octanol–water partition coefficient (Wildman–Crippen LogP) is 2.54. The van der Waals surface area contributed by atoms with Crippen LogP contribution in [-0.4, -0.2) is 23.0 Å². The summed E-state index contributed by atoms with van der Waals surface area (Å²) < 4.78 is 1.03. The van der Waals surface area contributed by atoms with Gasteiger partial charge in [0, 0.05) is 12.1 Å². The highest BCUT2D eigenvalue weighted by Crippen LogP contribution is 2.20. The second kappa shape index (κ2) is 5.67. The zero-order valence-corrected chi connectivity index (χ0v) is 12.1. The first-order valence-corrected chi connectivity index (χ1v) is 7.38. The first-order valence-electron chi connectivity index (χ1n) is 6.50. The van der Waals surface area contributed by atoms with Gasteiger partial charge in [-0.25, -0.2) is 4.98 Å². The SMILES string of the molecule is CCC(CC)(CN)NC(=O)c1ccc2ncsc2c1. The van der Waals surface area contributed by atoms with Gasteiger partial charge in [0.1, 0.15) is 0 Å². The molecule has 2 aromatic rings.